The van der Waals surface area contributed by atoms with Crippen molar-refractivity contribution in [1.82, 2.24) is 10.3 Å². The minimum absolute atomic E-state index is 0.0919. The van der Waals surface area contributed by atoms with E-state index in [1.165, 1.54) is 0 Å². The molecule has 3 aromatic rings. The molecule has 5 heteroatoms. The fourth-order valence-electron chi connectivity index (χ4n) is 2.79. The van der Waals surface area contributed by atoms with Gasteiger partial charge in [0.1, 0.15) is 6.61 Å². The first-order valence-electron chi connectivity index (χ1n) is 9.31. The van der Waals surface area contributed by atoms with E-state index in [2.05, 4.69) is 10.3 Å². The van der Waals surface area contributed by atoms with Gasteiger partial charge >= 0.3 is 0 Å². The highest BCUT2D eigenvalue weighted by atomic mass is 16.5. The first-order valence-corrected chi connectivity index (χ1v) is 9.31. The summed E-state index contributed by atoms with van der Waals surface area (Å²) < 4.78 is 11.5. The van der Waals surface area contributed by atoms with E-state index in [1.807, 2.05) is 56.3 Å². The molecule has 1 amide bonds. The van der Waals surface area contributed by atoms with Gasteiger partial charge in [0.25, 0.3) is 5.91 Å². The number of nitrogens with one attached hydrogen (secondary N) is 1. The number of amides is 1. The molecule has 0 spiro atoms. The average Bonchev–Trinajstić information content (AvgIpc) is 2.74. The van der Waals surface area contributed by atoms with Crippen LogP contribution in [0.5, 0.6) is 11.5 Å². The molecule has 0 radical (unpaired) electrons. The summed E-state index contributed by atoms with van der Waals surface area (Å²) >= 11 is 0. The van der Waals surface area contributed by atoms with Crippen molar-refractivity contribution in [2.75, 3.05) is 6.61 Å². The third kappa shape index (κ3) is 5.10. The van der Waals surface area contributed by atoms with Crippen LogP contribution in [-0.4, -0.2) is 17.5 Å². The van der Waals surface area contributed by atoms with Crippen LogP contribution in [-0.2, 0) is 6.61 Å². The zero-order chi connectivity index (χ0) is 19.8. The van der Waals surface area contributed by atoms with Crippen LogP contribution in [0.1, 0.15) is 41.4 Å². The van der Waals surface area contributed by atoms with Gasteiger partial charge in [0.2, 0.25) is 0 Å². The van der Waals surface area contributed by atoms with Gasteiger partial charge in [-0.05, 0) is 43.7 Å². The van der Waals surface area contributed by atoms with Crippen LogP contribution in [0.3, 0.4) is 0 Å². The van der Waals surface area contributed by atoms with E-state index in [1.54, 1.807) is 30.6 Å². The van der Waals surface area contributed by atoms with Gasteiger partial charge in [-0.3, -0.25) is 9.78 Å². The molecule has 5 nitrogen and oxygen atoms in total. The summed E-state index contributed by atoms with van der Waals surface area (Å²) in [5, 5.41) is 3.02. The van der Waals surface area contributed by atoms with Crippen molar-refractivity contribution >= 4 is 5.91 Å². The molecule has 0 saturated heterocycles. The minimum Gasteiger partial charge on any atom is -0.490 e. The third-order valence-electron chi connectivity index (χ3n) is 4.27. The van der Waals surface area contributed by atoms with Gasteiger partial charge in [0.05, 0.1) is 12.6 Å². The SMILES string of the molecule is CCOc1cc(C(=O)N[C@H](C)c2ccccc2)ccc1OCc1cccnc1. The molecule has 0 bridgehead atoms. The maximum atomic E-state index is 12.7. The Bertz CT molecular complexity index is 898. The highest BCUT2D eigenvalue weighted by Gasteiger charge is 2.14. The van der Waals surface area contributed by atoms with E-state index >= 15 is 0 Å². The molecule has 28 heavy (non-hydrogen) atoms. The lowest BCUT2D eigenvalue weighted by molar-refractivity contribution is 0.0939. The summed E-state index contributed by atoms with van der Waals surface area (Å²) in [5.74, 6) is 0.987. The summed E-state index contributed by atoms with van der Waals surface area (Å²) in [6.45, 7) is 4.72. The van der Waals surface area contributed by atoms with Gasteiger partial charge in [-0.1, -0.05) is 36.4 Å². The highest BCUT2D eigenvalue weighted by molar-refractivity contribution is 5.95. The number of carbonyl (C=O) groups excluding carboxylic acids is 1. The zero-order valence-electron chi connectivity index (χ0n) is 16.1. The van der Waals surface area contributed by atoms with Crippen molar-refractivity contribution in [3.8, 4) is 11.5 Å². The number of hydrogen-bond acceptors (Lipinski definition) is 4. The maximum absolute atomic E-state index is 12.7. The van der Waals surface area contributed by atoms with Crippen molar-refractivity contribution < 1.29 is 14.3 Å². The van der Waals surface area contributed by atoms with Crippen molar-refractivity contribution in [1.29, 1.82) is 0 Å². The standard InChI is InChI=1S/C23H24N2O3/c1-3-27-22-14-20(23(26)25-17(2)19-9-5-4-6-10-19)11-12-21(22)28-16-18-8-7-13-24-15-18/h4-15,17H,3,16H2,1-2H3,(H,25,26)/t17-/m1/s1. The Morgan fingerprint density at radius 2 is 1.86 bits per heavy atom. The Balaban J connectivity index is 1.71. The average molecular weight is 376 g/mol. The minimum atomic E-state index is -0.156. The summed E-state index contributed by atoms with van der Waals surface area (Å²) in [6, 6.07) is 18.8. The number of aromatic nitrogens is 1. The van der Waals surface area contributed by atoms with E-state index in [-0.39, 0.29) is 11.9 Å². The van der Waals surface area contributed by atoms with Crippen molar-refractivity contribution in [2.24, 2.45) is 0 Å². The lowest BCUT2D eigenvalue weighted by Gasteiger charge is -2.16. The number of ether oxygens (including phenoxy) is 2. The normalized spacial score (nSPS) is 11.5. The molecule has 1 aromatic heterocycles. The van der Waals surface area contributed by atoms with Crippen LogP contribution < -0.4 is 14.8 Å². The predicted octanol–water partition coefficient (Wildman–Crippen LogP) is 4.55. The molecule has 0 fully saturated rings. The number of rotatable bonds is 8. The summed E-state index contributed by atoms with van der Waals surface area (Å²) in [7, 11) is 0. The fourth-order valence-corrected chi connectivity index (χ4v) is 2.79. The van der Waals surface area contributed by atoms with Crippen LogP contribution in [0, 0.1) is 0 Å². The second kappa shape index (κ2) is 9.55. The van der Waals surface area contributed by atoms with Gasteiger partial charge < -0.3 is 14.8 Å². The van der Waals surface area contributed by atoms with Gasteiger partial charge in [-0.2, -0.15) is 0 Å². The van der Waals surface area contributed by atoms with E-state index < -0.39 is 0 Å². The molecule has 0 saturated carbocycles. The maximum Gasteiger partial charge on any atom is 0.251 e. The van der Waals surface area contributed by atoms with Gasteiger partial charge in [-0.15, -0.1) is 0 Å². The van der Waals surface area contributed by atoms with Crippen molar-refractivity contribution in [2.45, 2.75) is 26.5 Å². The molecular weight excluding hydrogens is 352 g/mol. The smallest absolute Gasteiger partial charge is 0.251 e. The summed E-state index contributed by atoms with van der Waals surface area (Å²) in [6.07, 6.45) is 3.48. The zero-order valence-corrected chi connectivity index (χ0v) is 16.1. The second-order valence-electron chi connectivity index (χ2n) is 6.35. The number of hydrogen-bond donors (Lipinski definition) is 1. The topological polar surface area (TPSA) is 60.5 Å². The lowest BCUT2D eigenvalue weighted by Crippen LogP contribution is -2.26. The van der Waals surface area contributed by atoms with E-state index in [0.717, 1.165) is 11.1 Å². The van der Waals surface area contributed by atoms with Crippen molar-refractivity contribution in [3.05, 3.63) is 89.7 Å². The van der Waals surface area contributed by atoms with Gasteiger partial charge in [0.15, 0.2) is 11.5 Å². The van der Waals surface area contributed by atoms with E-state index in [0.29, 0.717) is 30.3 Å². The Kier molecular flexibility index (Phi) is 6.63. The summed E-state index contributed by atoms with van der Waals surface area (Å²) in [4.78, 5) is 16.7. The Hall–Kier alpha value is -3.34. The lowest BCUT2D eigenvalue weighted by atomic mass is 10.1. The number of benzene rings is 2. The van der Waals surface area contributed by atoms with Crippen LogP contribution in [0.2, 0.25) is 0 Å². The van der Waals surface area contributed by atoms with E-state index in [9.17, 15) is 4.79 Å². The first-order chi connectivity index (χ1) is 13.7. The molecule has 144 valence electrons. The Morgan fingerprint density at radius 3 is 2.57 bits per heavy atom. The molecule has 2 aromatic carbocycles. The number of nitrogens with zero attached hydrogens (tertiary/aromatic N) is 1. The fraction of sp³-hybridized carbons (Fsp3) is 0.217. The van der Waals surface area contributed by atoms with Gasteiger partial charge in [-0.25, -0.2) is 0 Å². The molecule has 1 atom stereocenters. The predicted molar refractivity (Wildman–Crippen MR) is 109 cm³/mol. The molecule has 3 rings (SSSR count). The number of pyridine rings is 1. The van der Waals surface area contributed by atoms with Crippen LogP contribution in [0.4, 0.5) is 0 Å². The molecular formula is C23H24N2O3. The Morgan fingerprint density at radius 1 is 1.04 bits per heavy atom. The molecule has 0 aliphatic carbocycles. The van der Waals surface area contributed by atoms with E-state index in [4.69, 9.17) is 9.47 Å². The molecule has 1 N–H and O–H groups in total. The van der Waals surface area contributed by atoms with Crippen molar-refractivity contribution in [3.63, 3.8) is 0 Å². The third-order valence-corrected chi connectivity index (χ3v) is 4.27. The van der Waals surface area contributed by atoms with Crippen LogP contribution in [0.15, 0.2) is 73.1 Å². The monoisotopic (exact) mass is 376 g/mol. The Labute approximate surface area is 165 Å². The van der Waals surface area contributed by atoms with Crippen LogP contribution in [0.25, 0.3) is 0 Å². The quantitative estimate of drug-likeness (QED) is 0.626. The highest BCUT2D eigenvalue weighted by Crippen LogP contribution is 2.29. The summed E-state index contributed by atoms with van der Waals surface area (Å²) in [5.41, 5.74) is 2.54. The van der Waals surface area contributed by atoms with Gasteiger partial charge in [0, 0.05) is 23.5 Å². The first kappa shape index (κ1) is 19.4. The second-order valence-corrected chi connectivity index (χ2v) is 6.35. The molecule has 1 heterocycles. The van der Waals surface area contributed by atoms with Crippen LogP contribution >= 0.6 is 0 Å². The molecule has 0 aliphatic heterocycles. The molecule has 0 unspecified atom stereocenters. The molecule has 0 aliphatic rings. The largest absolute Gasteiger partial charge is 0.490 e. The number of carbonyl (C=O) groups is 1.